The van der Waals surface area contributed by atoms with E-state index in [9.17, 15) is 19.8 Å². The summed E-state index contributed by atoms with van der Waals surface area (Å²) in [5.74, 6) is -0.516. The molecule has 1 saturated carbocycles. The molecule has 6 heteroatoms. The number of phenolic OH excluding ortho intramolecular Hbond substituents is 2. The molecule has 244 valence electrons. The van der Waals surface area contributed by atoms with E-state index in [1.165, 1.54) is 0 Å². The Hall–Kier alpha value is -3.02. The van der Waals surface area contributed by atoms with Crippen LogP contribution in [0.2, 0.25) is 0 Å². The Bertz CT molecular complexity index is 1300. The molecule has 0 spiro atoms. The second kappa shape index (κ2) is 12.4. The van der Waals surface area contributed by atoms with E-state index in [0.29, 0.717) is 37.2 Å². The highest BCUT2D eigenvalue weighted by Gasteiger charge is 2.44. The highest BCUT2D eigenvalue weighted by molar-refractivity contribution is 5.79. The van der Waals surface area contributed by atoms with Gasteiger partial charge in [-0.1, -0.05) is 120 Å². The third kappa shape index (κ3) is 8.17. The topological polar surface area (TPSA) is 93.1 Å². The Labute approximate surface area is 265 Å². The molecule has 0 radical (unpaired) electrons. The van der Waals surface area contributed by atoms with Gasteiger partial charge in [-0.15, -0.1) is 0 Å². The number of hydrogen-bond acceptors (Lipinski definition) is 6. The zero-order chi connectivity index (χ0) is 33.5. The van der Waals surface area contributed by atoms with Gasteiger partial charge < -0.3 is 10.2 Å². The van der Waals surface area contributed by atoms with Gasteiger partial charge in [-0.25, -0.2) is 19.4 Å². The third-order valence-corrected chi connectivity index (χ3v) is 8.94. The normalized spacial score (nSPS) is 15.7. The van der Waals surface area contributed by atoms with Crippen LogP contribution in [0.4, 0.5) is 0 Å². The van der Waals surface area contributed by atoms with Gasteiger partial charge in [-0.3, -0.25) is 0 Å². The monoisotopic (exact) mass is 608 g/mol. The van der Waals surface area contributed by atoms with Crippen LogP contribution in [-0.4, -0.2) is 22.2 Å². The van der Waals surface area contributed by atoms with E-state index in [1.807, 2.05) is 24.3 Å². The van der Waals surface area contributed by atoms with E-state index < -0.39 is 17.4 Å². The molecular formula is C38H56O6. The zero-order valence-corrected chi connectivity index (χ0v) is 29.3. The Morgan fingerprint density at radius 1 is 0.636 bits per heavy atom. The summed E-state index contributed by atoms with van der Waals surface area (Å²) in [7, 11) is 0. The summed E-state index contributed by atoms with van der Waals surface area (Å²) in [6, 6.07) is 7.93. The molecule has 2 aromatic carbocycles. The standard InChI is InChI=1S/C38H56O6/c1-34(2,3)26-19-24(20-27(31(26)40)35(4,5)6)15-16-30(39)43-44-33(42)38(17-13-14-18-38)23-25-21-28(36(7,8)9)32(41)29(22-25)37(10,11)12/h19-22,40-41H,13-18,23H2,1-12H3. The average Bonchev–Trinajstić information content (AvgIpc) is 3.34. The number of carbonyl (C=O) groups is 2. The van der Waals surface area contributed by atoms with Gasteiger partial charge in [0.25, 0.3) is 0 Å². The SMILES string of the molecule is CC(C)(C)c1cc(CCC(=O)OOC(=O)C2(Cc3cc(C(C)(C)C)c(O)c(C(C)(C)C)c3)CCCC2)cc(C(C)(C)C)c1O. The molecule has 1 aliphatic carbocycles. The number of rotatable bonds is 6. The van der Waals surface area contributed by atoms with Crippen molar-refractivity contribution in [2.45, 2.75) is 150 Å². The van der Waals surface area contributed by atoms with Crippen LogP contribution in [0, 0.1) is 5.41 Å². The van der Waals surface area contributed by atoms with Crippen LogP contribution in [-0.2, 0) is 53.9 Å². The van der Waals surface area contributed by atoms with Crippen molar-refractivity contribution in [1.82, 2.24) is 0 Å². The van der Waals surface area contributed by atoms with Crippen molar-refractivity contribution in [2.24, 2.45) is 5.41 Å². The Balaban J connectivity index is 1.77. The molecule has 3 rings (SSSR count). The van der Waals surface area contributed by atoms with E-state index in [-0.39, 0.29) is 28.1 Å². The predicted molar refractivity (Wildman–Crippen MR) is 176 cm³/mol. The molecule has 0 heterocycles. The minimum absolute atomic E-state index is 0.0417. The van der Waals surface area contributed by atoms with Gasteiger partial charge in [-0.05, 0) is 80.7 Å². The Morgan fingerprint density at radius 3 is 1.36 bits per heavy atom. The molecule has 6 nitrogen and oxygen atoms in total. The van der Waals surface area contributed by atoms with Crippen molar-refractivity contribution in [2.75, 3.05) is 0 Å². The molecule has 0 aliphatic heterocycles. The fourth-order valence-corrected chi connectivity index (χ4v) is 6.28. The third-order valence-electron chi connectivity index (χ3n) is 8.94. The van der Waals surface area contributed by atoms with Crippen LogP contribution in [0.3, 0.4) is 0 Å². The quantitative estimate of drug-likeness (QED) is 0.251. The number of aromatic hydroxyl groups is 2. The zero-order valence-electron chi connectivity index (χ0n) is 29.3. The summed E-state index contributed by atoms with van der Waals surface area (Å²) in [5, 5.41) is 22.2. The van der Waals surface area contributed by atoms with Crippen molar-refractivity contribution in [3.05, 3.63) is 57.6 Å². The van der Waals surface area contributed by atoms with Crippen molar-refractivity contribution in [1.29, 1.82) is 0 Å². The molecule has 0 saturated heterocycles. The lowest BCUT2D eigenvalue weighted by Gasteiger charge is -2.30. The van der Waals surface area contributed by atoms with Crippen LogP contribution < -0.4 is 0 Å². The highest BCUT2D eigenvalue weighted by atomic mass is 17.2. The van der Waals surface area contributed by atoms with Gasteiger partial charge in [0.2, 0.25) is 0 Å². The van der Waals surface area contributed by atoms with Crippen LogP contribution in [0.1, 0.15) is 149 Å². The minimum Gasteiger partial charge on any atom is -0.507 e. The largest absolute Gasteiger partial charge is 0.507 e. The molecule has 0 aromatic heterocycles. The van der Waals surface area contributed by atoms with E-state index in [0.717, 1.165) is 46.2 Å². The molecule has 1 fully saturated rings. The lowest BCUT2D eigenvalue weighted by atomic mass is 9.75. The predicted octanol–water partition coefficient (Wildman–Crippen LogP) is 9.02. The van der Waals surface area contributed by atoms with Crippen LogP contribution in [0.15, 0.2) is 24.3 Å². The van der Waals surface area contributed by atoms with Gasteiger partial charge in [0.05, 0.1) is 11.8 Å². The maximum atomic E-state index is 13.6. The first-order valence-corrected chi connectivity index (χ1v) is 16.1. The summed E-state index contributed by atoms with van der Waals surface area (Å²) in [4.78, 5) is 36.7. The fraction of sp³-hybridized carbons (Fsp3) is 0.632. The summed E-state index contributed by atoms with van der Waals surface area (Å²) < 4.78 is 0. The number of phenols is 2. The second-order valence-electron chi connectivity index (χ2n) is 17.1. The van der Waals surface area contributed by atoms with Gasteiger partial charge >= 0.3 is 11.9 Å². The average molecular weight is 609 g/mol. The van der Waals surface area contributed by atoms with Crippen LogP contribution in [0.5, 0.6) is 11.5 Å². The molecule has 0 amide bonds. The van der Waals surface area contributed by atoms with Gasteiger partial charge in [-0.2, -0.15) is 0 Å². The van der Waals surface area contributed by atoms with Gasteiger partial charge in [0.15, 0.2) is 0 Å². The van der Waals surface area contributed by atoms with Gasteiger partial charge in [0.1, 0.15) is 11.5 Å². The summed E-state index contributed by atoms with van der Waals surface area (Å²) in [5.41, 5.74) is 3.37. The Morgan fingerprint density at radius 2 is 1.00 bits per heavy atom. The lowest BCUT2D eigenvalue weighted by molar-refractivity contribution is -0.266. The number of carbonyl (C=O) groups excluding carboxylic acids is 2. The van der Waals surface area contributed by atoms with Crippen molar-refractivity contribution in [3.63, 3.8) is 0 Å². The first-order chi connectivity index (χ1) is 20.0. The van der Waals surface area contributed by atoms with Crippen LogP contribution in [0.25, 0.3) is 0 Å². The van der Waals surface area contributed by atoms with Crippen molar-refractivity contribution in [3.8, 4) is 11.5 Å². The Kier molecular flexibility index (Phi) is 10.00. The first kappa shape index (κ1) is 35.5. The number of hydrogen-bond donors (Lipinski definition) is 2. The van der Waals surface area contributed by atoms with Crippen LogP contribution >= 0.6 is 0 Å². The van der Waals surface area contributed by atoms with Crippen molar-refractivity contribution >= 4 is 11.9 Å². The fourth-order valence-electron chi connectivity index (χ4n) is 6.28. The molecular weight excluding hydrogens is 552 g/mol. The number of benzene rings is 2. The summed E-state index contributed by atoms with van der Waals surface area (Å²) in [6.07, 6.45) is 3.98. The maximum absolute atomic E-state index is 13.6. The van der Waals surface area contributed by atoms with E-state index in [2.05, 4.69) is 83.1 Å². The molecule has 2 N–H and O–H groups in total. The molecule has 1 aliphatic rings. The van der Waals surface area contributed by atoms with Gasteiger partial charge in [0, 0.05) is 0 Å². The molecule has 0 unspecified atom stereocenters. The first-order valence-electron chi connectivity index (χ1n) is 16.1. The molecule has 2 aromatic rings. The molecule has 0 bridgehead atoms. The van der Waals surface area contributed by atoms with E-state index in [4.69, 9.17) is 9.78 Å². The maximum Gasteiger partial charge on any atom is 0.361 e. The van der Waals surface area contributed by atoms with Crippen molar-refractivity contribution < 1.29 is 29.6 Å². The number of aryl methyl sites for hydroxylation is 1. The van der Waals surface area contributed by atoms with E-state index in [1.54, 1.807) is 0 Å². The smallest absolute Gasteiger partial charge is 0.361 e. The summed E-state index contributed by atoms with van der Waals surface area (Å²) in [6.45, 7) is 24.8. The minimum atomic E-state index is -0.790. The highest BCUT2D eigenvalue weighted by Crippen LogP contribution is 2.46. The second-order valence-corrected chi connectivity index (χ2v) is 17.1. The molecule has 0 atom stereocenters. The summed E-state index contributed by atoms with van der Waals surface area (Å²) >= 11 is 0. The molecule has 44 heavy (non-hydrogen) atoms. The lowest BCUT2D eigenvalue weighted by Crippen LogP contribution is -2.33. The van der Waals surface area contributed by atoms with E-state index >= 15 is 0 Å².